The average molecular weight is 561 g/mol. The lowest BCUT2D eigenvalue weighted by atomic mass is 9.95. The number of nitriles is 1. The van der Waals surface area contributed by atoms with Crippen molar-refractivity contribution in [3.63, 3.8) is 0 Å². The first-order chi connectivity index (χ1) is 18.3. The van der Waals surface area contributed by atoms with Crippen molar-refractivity contribution < 1.29 is 19.1 Å². The minimum atomic E-state index is -0.338. The number of carbonyl (C=O) groups is 2. The first-order valence-electron chi connectivity index (χ1n) is 13.2. The SMILES string of the molecule is CCCn1c(N2CCC(C(=O)OCC)CC2)c(/C=C2/SC(=S)N(CCCOCC)C2=O)c(C)c(C#N)c1=O. The van der Waals surface area contributed by atoms with Gasteiger partial charge in [0.05, 0.1) is 17.4 Å². The van der Waals surface area contributed by atoms with Gasteiger partial charge in [-0.25, -0.2) is 0 Å². The van der Waals surface area contributed by atoms with Crippen LogP contribution in [0.3, 0.4) is 0 Å². The number of anilines is 1. The average Bonchev–Trinajstić information content (AvgIpc) is 3.17. The molecule has 2 aliphatic heterocycles. The van der Waals surface area contributed by atoms with E-state index in [1.54, 1.807) is 29.4 Å². The van der Waals surface area contributed by atoms with Crippen LogP contribution in [0, 0.1) is 24.2 Å². The number of carbonyl (C=O) groups excluding carboxylic acids is 2. The lowest BCUT2D eigenvalue weighted by molar-refractivity contribution is -0.148. The maximum atomic E-state index is 13.4. The van der Waals surface area contributed by atoms with Crippen molar-refractivity contribution in [2.24, 2.45) is 5.92 Å². The molecule has 2 aliphatic rings. The van der Waals surface area contributed by atoms with Gasteiger partial charge in [0, 0.05) is 45.0 Å². The molecule has 9 nitrogen and oxygen atoms in total. The summed E-state index contributed by atoms with van der Waals surface area (Å²) in [7, 11) is 0. The number of hydrogen-bond acceptors (Lipinski definition) is 9. The third-order valence-corrected chi connectivity index (χ3v) is 8.11. The molecule has 1 aromatic heterocycles. The number of nitrogens with zero attached hydrogens (tertiary/aromatic N) is 4. The van der Waals surface area contributed by atoms with E-state index in [1.807, 2.05) is 13.8 Å². The summed E-state index contributed by atoms with van der Waals surface area (Å²) >= 11 is 6.73. The zero-order valence-corrected chi connectivity index (χ0v) is 24.2. The van der Waals surface area contributed by atoms with Crippen molar-refractivity contribution in [3.8, 4) is 6.07 Å². The second-order valence-corrected chi connectivity index (χ2v) is 10.9. The highest BCUT2D eigenvalue weighted by molar-refractivity contribution is 8.26. The molecule has 2 fully saturated rings. The number of esters is 1. The van der Waals surface area contributed by atoms with Crippen LogP contribution in [0.1, 0.15) is 63.1 Å². The molecule has 0 unspecified atom stereocenters. The van der Waals surface area contributed by atoms with Gasteiger partial charge in [-0.2, -0.15) is 5.26 Å². The van der Waals surface area contributed by atoms with Crippen molar-refractivity contribution in [3.05, 3.63) is 31.9 Å². The lowest BCUT2D eigenvalue weighted by Crippen LogP contribution is -2.41. The highest BCUT2D eigenvalue weighted by Gasteiger charge is 2.34. The van der Waals surface area contributed by atoms with Crippen LogP contribution in [0.2, 0.25) is 0 Å². The molecule has 0 radical (unpaired) electrons. The van der Waals surface area contributed by atoms with Crippen molar-refractivity contribution in [1.82, 2.24) is 9.47 Å². The van der Waals surface area contributed by atoms with Crippen LogP contribution in [-0.2, 0) is 25.6 Å². The van der Waals surface area contributed by atoms with Gasteiger partial charge in [0.25, 0.3) is 11.5 Å². The fraction of sp³-hybridized carbons (Fsp3) is 0.593. The number of rotatable bonds is 11. The van der Waals surface area contributed by atoms with Gasteiger partial charge in [-0.3, -0.25) is 23.9 Å². The Morgan fingerprint density at radius 2 is 1.89 bits per heavy atom. The molecular weight excluding hydrogens is 524 g/mol. The Bertz CT molecular complexity index is 1200. The number of amides is 1. The van der Waals surface area contributed by atoms with Gasteiger partial charge in [0.1, 0.15) is 21.8 Å². The van der Waals surface area contributed by atoms with Gasteiger partial charge in [-0.1, -0.05) is 30.9 Å². The number of pyridine rings is 1. The Labute approximate surface area is 233 Å². The maximum Gasteiger partial charge on any atom is 0.309 e. The zero-order valence-electron chi connectivity index (χ0n) is 22.6. The van der Waals surface area contributed by atoms with Gasteiger partial charge in [0.2, 0.25) is 0 Å². The second-order valence-electron chi connectivity index (χ2n) is 9.20. The molecule has 0 N–H and O–H groups in total. The number of ether oxygens (including phenoxy) is 2. The molecule has 0 aromatic carbocycles. The van der Waals surface area contributed by atoms with E-state index in [0.717, 1.165) is 0 Å². The molecule has 11 heteroatoms. The third kappa shape index (κ3) is 6.47. The van der Waals surface area contributed by atoms with Gasteiger partial charge >= 0.3 is 5.97 Å². The van der Waals surface area contributed by atoms with Crippen LogP contribution >= 0.6 is 24.0 Å². The maximum absolute atomic E-state index is 13.4. The molecule has 0 saturated carbocycles. The van der Waals surface area contributed by atoms with Gasteiger partial charge in [0.15, 0.2) is 0 Å². The van der Waals surface area contributed by atoms with E-state index in [0.29, 0.717) is 97.9 Å². The molecule has 0 bridgehead atoms. The van der Waals surface area contributed by atoms with Gasteiger partial charge in [-0.05, 0) is 58.1 Å². The number of hydrogen-bond donors (Lipinski definition) is 0. The number of piperidine rings is 1. The third-order valence-electron chi connectivity index (χ3n) is 6.73. The van der Waals surface area contributed by atoms with E-state index in [4.69, 9.17) is 21.7 Å². The predicted molar refractivity (Wildman–Crippen MR) is 153 cm³/mol. The highest BCUT2D eigenvalue weighted by Crippen LogP contribution is 2.37. The molecule has 3 heterocycles. The summed E-state index contributed by atoms with van der Waals surface area (Å²) in [6.07, 6.45) is 4.34. The minimum absolute atomic E-state index is 0.0713. The molecule has 0 aliphatic carbocycles. The van der Waals surface area contributed by atoms with E-state index in [9.17, 15) is 19.6 Å². The van der Waals surface area contributed by atoms with Crippen LogP contribution in [0.25, 0.3) is 6.08 Å². The van der Waals surface area contributed by atoms with Gasteiger partial charge < -0.3 is 14.4 Å². The van der Waals surface area contributed by atoms with E-state index >= 15 is 0 Å². The summed E-state index contributed by atoms with van der Waals surface area (Å²) in [6, 6.07) is 2.08. The van der Waals surface area contributed by atoms with E-state index in [-0.39, 0.29) is 28.9 Å². The van der Waals surface area contributed by atoms with Crippen LogP contribution < -0.4 is 10.5 Å². The molecule has 38 heavy (non-hydrogen) atoms. The molecule has 206 valence electrons. The molecule has 2 saturated heterocycles. The molecule has 3 rings (SSSR count). The Morgan fingerprint density at radius 3 is 2.50 bits per heavy atom. The molecule has 1 aromatic rings. The molecule has 0 spiro atoms. The summed E-state index contributed by atoms with van der Waals surface area (Å²) < 4.78 is 12.7. The van der Waals surface area contributed by atoms with Crippen molar-refractivity contribution in [2.75, 3.05) is 44.4 Å². The number of thiocarbonyl (C=S) groups is 1. The first kappa shape index (κ1) is 29.9. The summed E-state index contributed by atoms with van der Waals surface area (Å²) in [5, 5.41) is 9.84. The zero-order chi connectivity index (χ0) is 27.8. The highest BCUT2D eigenvalue weighted by atomic mass is 32.2. The van der Waals surface area contributed by atoms with Crippen LogP contribution in [-0.4, -0.2) is 65.1 Å². The van der Waals surface area contributed by atoms with E-state index in [2.05, 4.69) is 11.0 Å². The summed E-state index contributed by atoms with van der Waals surface area (Å²) in [5.74, 6) is 0.114. The van der Waals surface area contributed by atoms with Crippen molar-refractivity contribution in [2.45, 2.75) is 59.9 Å². The Balaban J connectivity index is 2.03. The standard InChI is InChI=1S/C27H36N4O5S2/c1-5-11-30-23(29-13-9-19(10-14-29)26(34)36-7-3)20(18(4)21(17-28)24(30)32)16-22-25(33)31(27(37)38-22)12-8-15-35-6-2/h16,19H,5-15H2,1-4H3/b22-16+. The fourth-order valence-electron chi connectivity index (χ4n) is 4.80. The minimum Gasteiger partial charge on any atom is -0.466 e. The predicted octanol–water partition coefficient (Wildman–Crippen LogP) is 3.85. The molecule has 1 amide bonds. The van der Waals surface area contributed by atoms with Crippen LogP contribution in [0.5, 0.6) is 0 Å². The second kappa shape index (κ2) is 13.9. The van der Waals surface area contributed by atoms with Gasteiger partial charge in [-0.15, -0.1) is 0 Å². The Hall–Kier alpha value is -2.68. The largest absolute Gasteiger partial charge is 0.466 e. The quantitative estimate of drug-likeness (QED) is 0.173. The summed E-state index contributed by atoms with van der Waals surface area (Å²) in [5.41, 5.74) is 0.935. The Morgan fingerprint density at radius 1 is 1.18 bits per heavy atom. The first-order valence-corrected chi connectivity index (χ1v) is 14.4. The van der Waals surface area contributed by atoms with Crippen LogP contribution in [0.15, 0.2) is 9.70 Å². The smallest absolute Gasteiger partial charge is 0.309 e. The summed E-state index contributed by atoms with van der Waals surface area (Å²) in [6.45, 7) is 11.0. The Kier molecular flexibility index (Phi) is 10.9. The van der Waals surface area contributed by atoms with Crippen LogP contribution in [0.4, 0.5) is 5.82 Å². The molecule has 0 atom stereocenters. The molecular formula is C27H36N4O5S2. The fourth-order valence-corrected chi connectivity index (χ4v) is 6.09. The lowest BCUT2D eigenvalue weighted by Gasteiger charge is -2.35. The number of aromatic nitrogens is 1. The number of thioether (sulfide) groups is 1. The van der Waals surface area contributed by atoms with E-state index in [1.165, 1.54) is 11.8 Å². The van der Waals surface area contributed by atoms with E-state index < -0.39 is 0 Å². The summed E-state index contributed by atoms with van der Waals surface area (Å²) in [4.78, 5) is 43.1. The monoisotopic (exact) mass is 560 g/mol. The topological polar surface area (TPSA) is 105 Å². The van der Waals surface area contributed by atoms with Crippen molar-refractivity contribution in [1.29, 1.82) is 5.26 Å². The normalized spacial score (nSPS) is 17.4. The van der Waals surface area contributed by atoms with Crippen molar-refractivity contribution >= 4 is 52.1 Å².